The molecule has 0 heterocycles. The minimum atomic E-state index is -0.743. The van der Waals surface area contributed by atoms with E-state index in [0.29, 0.717) is 11.5 Å². The molecule has 4 rings (SSSR count). The summed E-state index contributed by atoms with van der Waals surface area (Å²) in [7, 11) is 0. The Kier molecular flexibility index (Phi) is 2.39. The Labute approximate surface area is 103 Å². The second-order valence-corrected chi connectivity index (χ2v) is 6.76. The van der Waals surface area contributed by atoms with Crippen molar-refractivity contribution in [1.29, 1.82) is 0 Å². The van der Waals surface area contributed by atoms with Crippen molar-refractivity contribution < 1.29 is 9.90 Å². The molecule has 0 saturated heterocycles. The van der Waals surface area contributed by atoms with Gasteiger partial charge in [-0.15, -0.1) is 0 Å². The summed E-state index contributed by atoms with van der Waals surface area (Å²) in [6.07, 6.45) is 8.81. The van der Waals surface area contributed by atoms with Crippen LogP contribution >= 0.6 is 0 Å². The van der Waals surface area contributed by atoms with Gasteiger partial charge in [0.2, 0.25) is 0 Å². The Morgan fingerprint density at radius 3 is 2.35 bits per heavy atom. The monoisotopic (exact) mass is 234 g/mol. The Bertz CT molecular complexity index is 368. The summed E-state index contributed by atoms with van der Waals surface area (Å²) >= 11 is 0. The van der Waals surface area contributed by atoms with E-state index in [2.05, 4.69) is 13.0 Å². The maximum Gasteiger partial charge on any atom is 0.330 e. The third kappa shape index (κ3) is 1.64. The third-order valence-corrected chi connectivity index (χ3v) is 5.73. The first kappa shape index (κ1) is 11.3. The van der Waals surface area contributed by atoms with Crippen molar-refractivity contribution in [3.63, 3.8) is 0 Å². The molecule has 3 atom stereocenters. The Hall–Kier alpha value is -0.790. The fourth-order valence-corrected chi connectivity index (χ4v) is 5.10. The predicted molar refractivity (Wildman–Crippen MR) is 66.5 cm³/mol. The molecule has 4 fully saturated rings. The van der Waals surface area contributed by atoms with Crippen LogP contribution in [0.3, 0.4) is 0 Å². The van der Waals surface area contributed by atoms with E-state index in [0.717, 1.165) is 17.8 Å². The summed E-state index contributed by atoms with van der Waals surface area (Å²) in [5.74, 6) is 2.56. The van der Waals surface area contributed by atoms with Crippen molar-refractivity contribution in [3.05, 3.63) is 11.6 Å². The summed E-state index contributed by atoms with van der Waals surface area (Å²) in [6.45, 7) is 4.11. The van der Waals surface area contributed by atoms with Crippen LogP contribution in [0.1, 0.15) is 46.0 Å². The maximum atomic E-state index is 11.1. The highest BCUT2D eigenvalue weighted by Crippen LogP contribution is 2.63. The number of carboxylic acid groups (broad SMARTS) is 1. The normalized spacial score (nSPS) is 48.5. The molecule has 0 amide bonds. The van der Waals surface area contributed by atoms with Crippen LogP contribution in [-0.2, 0) is 4.79 Å². The molecule has 0 aromatic carbocycles. The van der Waals surface area contributed by atoms with Crippen molar-refractivity contribution in [3.8, 4) is 0 Å². The second kappa shape index (κ2) is 3.60. The summed E-state index contributed by atoms with van der Waals surface area (Å²) < 4.78 is 0. The van der Waals surface area contributed by atoms with Gasteiger partial charge in [-0.3, -0.25) is 0 Å². The van der Waals surface area contributed by atoms with Crippen molar-refractivity contribution in [2.24, 2.45) is 29.1 Å². The molecule has 0 aromatic rings. The van der Waals surface area contributed by atoms with E-state index in [1.54, 1.807) is 6.92 Å². The first-order chi connectivity index (χ1) is 8.00. The average molecular weight is 234 g/mol. The number of aliphatic carboxylic acids is 1. The molecule has 4 aliphatic rings. The lowest BCUT2D eigenvalue weighted by molar-refractivity contribution is -0.133. The van der Waals surface area contributed by atoms with Gasteiger partial charge in [0, 0.05) is 5.57 Å². The Morgan fingerprint density at radius 1 is 1.24 bits per heavy atom. The fraction of sp³-hybridized carbons (Fsp3) is 0.800. The van der Waals surface area contributed by atoms with Gasteiger partial charge in [0.05, 0.1) is 0 Å². The number of allylic oxidation sites excluding steroid dienone is 1. The largest absolute Gasteiger partial charge is 0.478 e. The standard InChI is InChI=1S/C15H22O2/c1-9(14(16)17)6-15-7-11-3-12(8-15)5-13(4-11)10(15)2/h6,10-13H,3-5,7-8H2,1-2H3,(H,16,17). The zero-order chi connectivity index (χ0) is 12.2. The first-order valence-electron chi connectivity index (χ1n) is 6.93. The van der Waals surface area contributed by atoms with Crippen LogP contribution in [0, 0.1) is 29.1 Å². The molecule has 17 heavy (non-hydrogen) atoms. The number of carboxylic acids is 1. The van der Waals surface area contributed by atoms with Gasteiger partial charge in [-0.1, -0.05) is 13.0 Å². The van der Waals surface area contributed by atoms with E-state index in [1.165, 1.54) is 32.1 Å². The number of hydrogen-bond acceptors (Lipinski definition) is 1. The topological polar surface area (TPSA) is 37.3 Å². The van der Waals surface area contributed by atoms with Crippen molar-refractivity contribution in [2.75, 3.05) is 0 Å². The van der Waals surface area contributed by atoms with E-state index in [1.807, 2.05) is 0 Å². The third-order valence-electron chi connectivity index (χ3n) is 5.73. The lowest BCUT2D eigenvalue weighted by Crippen LogP contribution is -2.50. The van der Waals surface area contributed by atoms with Crippen LogP contribution in [-0.4, -0.2) is 11.1 Å². The van der Waals surface area contributed by atoms with E-state index < -0.39 is 5.97 Å². The van der Waals surface area contributed by atoms with Crippen molar-refractivity contribution >= 4 is 5.97 Å². The van der Waals surface area contributed by atoms with Crippen LogP contribution in [0.2, 0.25) is 0 Å². The molecule has 2 heteroatoms. The van der Waals surface area contributed by atoms with Gasteiger partial charge in [-0.05, 0) is 68.1 Å². The van der Waals surface area contributed by atoms with Gasteiger partial charge in [-0.2, -0.15) is 0 Å². The van der Waals surface area contributed by atoms with Gasteiger partial charge >= 0.3 is 5.97 Å². The van der Waals surface area contributed by atoms with Gasteiger partial charge in [0.1, 0.15) is 0 Å². The van der Waals surface area contributed by atoms with E-state index >= 15 is 0 Å². The van der Waals surface area contributed by atoms with Crippen LogP contribution in [0.4, 0.5) is 0 Å². The highest BCUT2D eigenvalue weighted by molar-refractivity contribution is 5.85. The molecular formula is C15H22O2. The maximum absolute atomic E-state index is 11.1. The summed E-state index contributed by atoms with van der Waals surface area (Å²) in [5, 5.41) is 9.10. The molecule has 2 nitrogen and oxygen atoms in total. The van der Waals surface area contributed by atoms with Gasteiger partial charge in [-0.25, -0.2) is 4.79 Å². The molecule has 4 bridgehead atoms. The van der Waals surface area contributed by atoms with Gasteiger partial charge in [0.25, 0.3) is 0 Å². The smallest absolute Gasteiger partial charge is 0.330 e. The number of hydrogen-bond donors (Lipinski definition) is 1. The average Bonchev–Trinajstić information content (AvgIpc) is 2.24. The minimum Gasteiger partial charge on any atom is -0.478 e. The molecule has 0 radical (unpaired) electrons. The molecule has 0 aliphatic heterocycles. The number of rotatable bonds is 2. The zero-order valence-corrected chi connectivity index (χ0v) is 10.8. The summed E-state index contributed by atoms with van der Waals surface area (Å²) in [5.41, 5.74) is 0.774. The van der Waals surface area contributed by atoms with Crippen molar-refractivity contribution in [1.82, 2.24) is 0 Å². The second-order valence-electron chi connectivity index (χ2n) is 6.76. The molecule has 0 aromatic heterocycles. The molecule has 94 valence electrons. The predicted octanol–water partition coefficient (Wildman–Crippen LogP) is 3.48. The highest BCUT2D eigenvalue weighted by atomic mass is 16.4. The Morgan fingerprint density at radius 2 is 1.82 bits per heavy atom. The summed E-state index contributed by atoms with van der Waals surface area (Å²) in [4.78, 5) is 11.1. The van der Waals surface area contributed by atoms with Crippen LogP contribution in [0.5, 0.6) is 0 Å². The van der Waals surface area contributed by atoms with E-state index in [-0.39, 0.29) is 5.41 Å². The minimum absolute atomic E-state index is 0.219. The van der Waals surface area contributed by atoms with Gasteiger partial charge in [0.15, 0.2) is 0 Å². The first-order valence-corrected chi connectivity index (χ1v) is 6.93. The molecule has 4 aliphatic carbocycles. The molecular weight excluding hydrogens is 212 g/mol. The van der Waals surface area contributed by atoms with Crippen LogP contribution in [0.15, 0.2) is 11.6 Å². The van der Waals surface area contributed by atoms with Crippen molar-refractivity contribution in [2.45, 2.75) is 46.0 Å². The number of carbonyl (C=O) groups is 1. The SMILES string of the molecule is CC(=CC12CC3CC(CC(C3)C1C)C2)C(=O)O. The quantitative estimate of drug-likeness (QED) is 0.743. The fourth-order valence-electron chi connectivity index (χ4n) is 5.10. The molecule has 4 saturated carbocycles. The Balaban J connectivity index is 1.95. The van der Waals surface area contributed by atoms with E-state index in [9.17, 15) is 4.79 Å². The lowest BCUT2D eigenvalue weighted by Gasteiger charge is -2.60. The van der Waals surface area contributed by atoms with Gasteiger partial charge < -0.3 is 5.11 Å². The molecule has 0 spiro atoms. The summed E-state index contributed by atoms with van der Waals surface area (Å²) in [6, 6.07) is 0. The van der Waals surface area contributed by atoms with Crippen LogP contribution in [0.25, 0.3) is 0 Å². The lowest BCUT2D eigenvalue weighted by atomic mass is 9.45. The highest BCUT2D eigenvalue weighted by Gasteiger charge is 2.54. The molecule has 3 unspecified atom stereocenters. The molecule has 1 N–H and O–H groups in total. The van der Waals surface area contributed by atoms with Crippen LogP contribution < -0.4 is 0 Å². The zero-order valence-electron chi connectivity index (χ0n) is 10.8. The van der Waals surface area contributed by atoms with E-state index in [4.69, 9.17) is 5.11 Å².